The summed E-state index contributed by atoms with van der Waals surface area (Å²) in [5, 5.41) is 6.40. The van der Waals surface area contributed by atoms with Crippen LogP contribution in [0.5, 0.6) is 11.5 Å². The minimum absolute atomic E-state index is 0.0171. The number of likely N-dealkylation sites (tertiary alicyclic amines) is 1. The summed E-state index contributed by atoms with van der Waals surface area (Å²) in [4.78, 5) is 14.6. The van der Waals surface area contributed by atoms with Gasteiger partial charge in [0.05, 0.1) is 12.6 Å². The molecule has 2 saturated heterocycles. The maximum absolute atomic E-state index is 12.2. The van der Waals surface area contributed by atoms with Gasteiger partial charge in [0.2, 0.25) is 5.91 Å². The molecule has 0 aromatic heterocycles. The van der Waals surface area contributed by atoms with E-state index in [-0.39, 0.29) is 11.9 Å². The molecule has 2 unspecified atom stereocenters. The summed E-state index contributed by atoms with van der Waals surface area (Å²) in [7, 11) is 0. The molecule has 1 aromatic rings. The van der Waals surface area contributed by atoms with Crippen LogP contribution in [0.1, 0.15) is 32.6 Å². The summed E-state index contributed by atoms with van der Waals surface area (Å²) in [6, 6.07) is 7.84. The first-order valence-electron chi connectivity index (χ1n) is 10.3. The Kier molecular flexibility index (Phi) is 7.78. The molecule has 1 amide bonds. The summed E-state index contributed by atoms with van der Waals surface area (Å²) in [5.74, 6) is 2.31. The third-order valence-corrected chi connectivity index (χ3v) is 5.36. The van der Waals surface area contributed by atoms with Crippen LogP contribution in [0.15, 0.2) is 24.3 Å². The lowest BCUT2D eigenvalue weighted by Gasteiger charge is -2.32. The van der Waals surface area contributed by atoms with Crippen molar-refractivity contribution >= 4 is 5.91 Å². The van der Waals surface area contributed by atoms with Gasteiger partial charge in [0.25, 0.3) is 0 Å². The number of piperidine rings is 1. The molecule has 2 aliphatic heterocycles. The first-order chi connectivity index (χ1) is 13.3. The van der Waals surface area contributed by atoms with E-state index in [1.807, 2.05) is 31.2 Å². The number of hydrogen-bond donors (Lipinski definition) is 2. The molecule has 0 spiro atoms. The van der Waals surface area contributed by atoms with Gasteiger partial charge in [0, 0.05) is 19.6 Å². The van der Waals surface area contributed by atoms with E-state index in [1.54, 1.807) is 0 Å². The number of rotatable bonds is 9. The second-order valence-corrected chi connectivity index (χ2v) is 7.43. The molecule has 6 heteroatoms. The van der Waals surface area contributed by atoms with Crippen molar-refractivity contribution in [1.29, 1.82) is 0 Å². The summed E-state index contributed by atoms with van der Waals surface area (Å²) in [6.07, 6.45) is 4.42. The van der Waals surface area contributed by atoms with E-state index in [0.717, 1.165) is 57.1 Å². The molecule has 27 heavy (non-hydrogen) atoms. The van der Waals surface area contributed by atoms with Crippen molar-refractivity contribution < 1.29 is 14.3 Å². The molecular formula is C21H33N3O3. The number of hydrogen-bond acceptors (Lipinski definition) is 5. The molecular weight excluding hydrogens is 342 g/mol. The summed E-state index contributed by atoms with van der Waals surface area (Å²) < 4.78 is 11.6. The second kappa shape index (κ2) is 10.5. The molecule has 2 N–H and O–H groups in total. The van der Waals surface area contributed by atoms with Crippen LogP contribution in [-0.2, 0) is 4.79 Å². The van der Waals surface area contributed by atoms with Crippen molar-refractivity contribution in [1.82, 2.24) is 15.5 Å². The van der Waals surface area contributed by atoms with Crippen molar-refractivity contribution in [2.24, 2.45) is 5.92 Å². The van der Waals surface area contributed by atoms with E-state index in [0.29, 0.717) is 19.1 Å². The standard InChI is InChI=1S/C21H33N3O3/c1-2-26-19-9-3-4-10-20(19)27-14-13-24-12-6-7-17(16-24)15-23-21(25)18-8-5-11-22-18/h3-4,9-10,17-18,22H,2,5-8,11-16H2,1H3,(H,23,25). The first kappa shape index (κ1) is 20.0. The topological polar surface area (TPSA) is 62.8 Å². The number of carbonyl (C=O) groups is 1. The van der Waals surface area contributed by atoms with Crippen molar-refractivity contribution in [3.05, 3.63) is 24.3 Å². The third-order valence-electron chi connectivity index (χ3n) is 5.36. The third kappa shape index (κ3) is 6.11. The average Bonchev–Trinajstić information content (AvgIpc) is 3.23. The Morgan fingerprint density at radius 2 is 2.04 bits per heavy atom. The maximum Gasteiger partial charge on any atom is 0.237 e. The van der Waals surface area contributed by atoms with Gasteiger partial charge in [-0.05, 0) is 63.7 Å². The van der Waals surface area contributed by atoms with Gasteiger partial charge in [-0.3, -0.25) is 9.69 Å². The number of nitrogens with one attached hydrogen (secondary N) is 2. The highest BCUT2D eigenvalue weighted by atomic mass is 16.5. The molecule has 3 rings (SSSR count). The molecule has 150 valence electrons. The molecule has 2 aliphatic rings. The van der Waals surface area contributed by atoms with Crippen molar-refractivity contribution in [3.8, 4) is 11.5 Å². The second-order valence-electron chi connectivity index (χ2n) is 7.43. The fourth-order valence-electron chi connectivity index (χ4n) is 3.93. The Balaban J connectivity index is 1.37. The zero-order valence-electron chi connectivity index (χ0n) is 16.4. The lowest BCUT2D eigenvalue weighted by molar-refractivity contribution is -0.123. The summed E-state index contributed by atoms with van der Waals surface area (Å²) in [6.45, 7) is 8.02. The first-order valence-corrected chi connectivity index (χ1v) is 10.3. The Morgan fingerprint density at radius 1 is 1.22 bits per heavy atom. The highest BCUT2D eigenvalue weighted by Crippen LogP contribution is 2.26. The minimum atomic E-state index is 0.0171. The number of ether oxygens (including phenoxy) is 2. The van der Waals surface area contributed by atoms with E-state index in [9.17, 15) is 4.79 Å². The molecule has 2 fully saturated rings. The molecule has 1 aromatic carbocycles. The largest absolute Gasteiger partial charge is 0.490 e. The van der Waals surface area contributed by atoms with Crippen LogP contribution in [-0.4, -0.2) is 62.8 Å². The van der Waals surface area contributed by atoms with E-state index < -0.39 is 0 Å². The van der Waals surface area contributed by atoms with Crippen LogP contribution in [0.2, 0.25) is 0 Å². The van der Waals surface area contributed by atoms with Crippen LogP contribution in [0.3, 0.4) is 0 Å². The molecule has 0 aliphatic carbocycles. The molecule has 0 saturated carbocycles. The van der Waals surface area contributed by atoms with E-state index >= 15 is 0 Å². The molecule has 6 nitrogen and oxygen atoms in total. The Hall–Kier alpha value is -1.79. The van der Waals surface area contributed by atoms with Gasteiger partial charge >= 0.3 is 0 Å². The van der Waals surface area contributed by atoms with Gasteiger partial charge in [-0.15, -0.1) is 0 Å². The normalized spacial score (nSPS) is 23.1. The van der Waals surface area contributed by atoms with Gasteiger partial charge in [-0.1, -0.05) is 12.1 Å². The van der Waals surface area contributed by atoms with Crippen molar-refractivity contribution in [3.63, 3.8) is 0 Å². The number of nitrogens with zero attached hydrogens (tertiary/aromatic N) is 1. The van der Waals surface area contributed by atoms with E-state index in [4.69, 9.17) is 9.47 Å². The predicted octanol–water partition coefficient (Wildman–Crippen LogP) is 2.04. The van der Waals surface area contributed by atoms with E-state index in [1.165, 1.54) is 12.8 Å². The Morgan fingerprint density at radius 3 is 2.78 bits per heavy atom. The highest BCUT2D eigenvalue weighted by Gasteiger charge is 2.24. The molecule has 0 radical (unpaired) electrons. The Labute approximate surface area is 162 Å². The average molecular weight is 376 g/mol. The summed E-state index contributed by atoms with van der Waals surface area (Å²) >= 11 is 0. The van der Waals surface area contributed by atoms with Gasteiger partial charge in [0.15, 0.2) is 11.5 Å². The zero-order valence-corrected chi connectivity index (χ0v) is 16.4. The van der Waals surface area contributed by atoms with Crippen molar-refractivity contribution in [2.45, 2.75) is 38.6 Å². The SMILES string of the molecule is CCOc1ccccc1OCCN1CCCC(CNC(=O)C2CCCN2)C1. The lowest BCUT2D eigenvalue weighted by Crippen LogP contribution is -2.46. The number of benzene rings is 1. The minimum Gasteiger partial charge on any atom is -0.490 e. The number of amides is 1. The monoisotopic (exact) mass is 375 g/mol. The fourth-order valence-corrected chi connectivity index (χ4v) is 3.93. The highest BCUT2D eigenvalue weighted by molar-refractivity contribution is 5.81. The molecule has 2 heterocycles. The molecule has 2 atom stereocenters. The zero-order chi connectivity index (χ0) is 18.9. The Bertz CT molecular complexity index is 590. The van der Waals surface area contributed by atoms with Crippen LogP contribution in [0.4, 0.5) is 0 Å². The smallest absolute Gasteiger partial charge is 0.237 e. The molecule has 0 bridgehead atoms. The number of para-hydroxylation sites is 2. The van der Waals surface area contributed by atoms with Gasteiger partial charge in [-0.2, -0.15) is 0 Å². The summed E-state index contributed by atoms with van der Waals surface area (Å²) in [5.41, 5.74) is 0. The van der Waals surface area contributed by atoms with Crippen molar-refractivity contribution in [2.75, 3.05) is 45.9 Å². The van der Waals surface area contributed by atoms with E-state index in [2.05, 4.69) is 15.5 Å². The van der Waals surface area contributed by atoms with Gasteiger partial charge in [0.1, 0.15) is 6.61 Å². The van der Waals surface area contributed by atoms with Crippen LogP contribution in [0.25, 0.3) is 0 Å². The fraction of sp³-hybridized carbons (Fsp3) is 0.667. The van der Waals surface area contributed by atoms with Gasteiger partial charge in [-0.25, -0.2) is 0 Å². The van der Waals surface area contributed by atoms with Crippen LogP contribution < -0.4 is 20.1 Å². The van der Waals surface area contributed by atoms with Gasteiger partial charge < -0.3 is 20.1 Å². The number of carbonyl (C=O) groups excluding carboxylic acids is 1. The van der Waals surface area contributed by atoms with Crippen LogP contribution >= 0.6 is 0 Å². The van der Waals surface area contributed by atoms with Crippen LogP contribution in [0, 0.1) is 5.92 Å². The predicted molar refractivity (Wildman–Crippen MR) is 106 cm³/mol. The lowest BCUT2D eigenvalue weighted by atomic mass is 9.98. The quantitative estimate of drug-likeness (QED) is 0.692. The maximum atomic E-state index is 12.2.